The Morgan fingerprint density at radius 1 is 1.26 bits per heavy atom. The van der Waals surface area contributed by atoms with Crippen LogP contribution in [-0.4, -0.2) is 47.1 Å². The van der Waals surface area contributed by atoms with Crippen LogP contribution in [-0.2, 0) is 10.0 Å². The zero-order valence-electron chi connectivity index (χ0n) is 13.9. The smallest absolute Gasteiger partial charge is 0.355 e. The van der Waals surface area contributed by atoms with Crippen molar-refractivity contribution in [2.24, 2.45) is 0 Å². The molecule has 27 heavy (non-hydrogen) atoms. The second kappa shape index (κ2) is 7.84. The van der Waals surface area contributed by atoms with Gasteiger partial charge in [-0.15, -0.1) is 0 Å². The number of ketones is 1. The minimum atomic E-state index is -5.21. The zero-order chi connectivity index (χ0) is 20.4. The number of halogens is 3. The Labute approximate surface area is 151 Å². The zero-order valence-corrected chi connectivity index (χ0v) is 14.7. The molecule has 9 nitrogen and oxygen atoms in total. The number of hydrogen-bond acceptors (Lipinski definition) is 8. The fourth-order valence-electron chi connectivity index (χ4n) is 1.95. The van der Waals surface area contributed by atoms with Crippen LogP contribution in [0, 0.1) is 5.82 Å². The van der Waals surface area contributed by atoms with E-state index in [1.165, 1.54) is 11.8 Å². The maximum absolute atomic E-state index is 14.1. The summed E-state index contributed by atoms with van der Waals surface area (Å²) in [6.45, 7) is 1.13. The molecule has 2 N–H and O–H groups in total. The number of hydrogen-bond donors (Lipinski definition) is 2. The largest absolute Gasteiger partial charge is 0.467 e. The van der Waals surface area contributed by atoms with Crippen molar-refractivity contribution in [2.45, 2.75) is 18.8 Å². The normalized spacial score (nSPS) is 12.7. The summed E-state index contributed by atoms with van der Waals surface area (Å²) in [5.41, 5.74) is -1.36. The lowest BCUT2D eigenvalue weighted by Crippen LogP contribution is -2.23. The number of carbonyl (C=O) groups excluding carboxylic acids is 1. The van der Waals surface area contributed by atoms with E-state index >= 15 is 0 Å². The van der Waals surface area contributed by atoms with E-state index in [1.807, 2.05) is 0 Å². The van der Waals surface area contributed by atoms with Gasteiger partial charge < -0.3 is 9.84 Å². The van der Waals surface area contributed by atoms with Crippen LogP contribution in [0.5, 0.6) is 6.01 Å². The van der Waals surface area contributed by atoms with Crippen molar-refractivity contribution in [3.8, 4) is 6.01 Å². The van der Waals surface area contributed by atoms with Crippen LogP contribution in [0.3, 0.4) is 0 Å². The predicted octanol–water partition coefficient (Wildman–Crippen LogP) is 1.27. The summed E-state index contributed by atoms with van der Waals surface area (Å²) in [6, 6.07) is 2.64. The van der Waals surface area contributed by atoms with Crippen molar-refractivity contribution in [3.63, 3.8) is 0 Å². The van der Waals surface area contributed by atoms with Crippen LogP contribution < -0.4 is 9.46 Å². The van der Waals surface area contributed by atoms with E-state index in [1.54, 1.807) is 0 Å². The van der Waals surface area contributed by atoms with Gasteiger partial charge in [0, 0.05) is 12.5 Å². The summed E-state index contributed by atoms with van der Waals surface area (Å²) >= 11 is 0. The Balaban J connectivity index is 2.57. The standard InChI is InChI=1S/C14H13F3N4O5S/c1-6(22)11-18-12(20-14(19-11)26-2)10(23)7-4-3-5-8(15)9(7)21-27(24,25)13(16)17/h3-5,10,13,21,23H,1-2H3. The number of ether oxygens (including phenoxy) is 1. The maximum Gasteiger partial charge on any atom is 0.355 e. The third-order valence-corrected chi connectivity index (χ3v) is 4.15. The minimum Gasteiger partial charge on any atom is -0.467 e. The van der Waals surface area contributed by atoms with Crippen LogP contribution in [0.2, 0.25) is 0 Å². The molecule has 146 valence electrons. The molecule has 0 aliphatic carbocycles. The molecule has 1 aromatic heterocycles. The number of nitrogens with zero attached hydrogens (tertiary/aromatic N) is 3. The Hall–Kier alpha value is -2.80. The van der Waals surface area contributed by atoms with Crippen molar-refractivity contribution in [2.75, 3.05) is 11.8 Å². The second-order valence-corrected chi connectivity index (χ2v) is 6.72. The molecule has 0 fully saturated rings. The van der Waals surface area contributed by atoms with Gasteiger partial charge in [0.25, 0.3) is 10.0 Å². The molecule has 2 rings (SSSR count). The van der Waals surface area contributed by atoms with Crippen molar-refractivity contribution in [1.82, 2.24) is 15.0 Å². The van der Waals surface area contributed by atoms with Gasteiger partial charge in [-0.3, -0.25) is 9.52 Å². The van der Waals surface area contributed by atoms with Crippen molar-refractivity contribution in [1.29, 1.82) is 0 Å². The molecule has 0 saturated carbocycles. The molecule has 1 unspecified atom stereocenters. The second-order valence-electron chi connectivity index (χ2n) is 5.07. The number of carbonyl (C=O) groups is 1. The highest BCUT2D eigenvalue weighted by molar-refractivity contribution is 7.93. The number of sulfonamides is 1. The number of rotatable bonds is 7. The predicted molar refractivity (Wildman–Crippen MR) is 85.4 cm³/mol. The van der Waals surface area contributed by atoms with Crippen molar-refractivity contribution < 1.29 is 36.2 Å². The summed E-state index contributed by atoms with van der Waals surface area (Å²) in [5, 5.41) is 10.5. The lowest BCUT2D eigenvalue weighted by molar-refractivity contribution is 0.1000. The molecule has 0 amide bonds. The van der Waals surface area contributed by atoms with E-state index in [0.717, 1.165) is 25.1 Å². The maximum atomic E-state index is 14.1. The van der Waals surface area contributed by atoms with Crippen LogP contribution in [0.15, 0.2) is 18.2 Å². The quantitative estimate of drug-likeness (QED) is 0.657. The van der Waals surface area contributed by atoms with E-state index in [4.69, 9.17) is 4.74 Å². The first kappa shape index (κ1) is 20.5. The summed E-state index contributed by atoms with van der Waals surface area (Å²) in [7, 11) is -4.03. The highest BCUT2D eigenvalue weighted by Gasteiger charge is 2.29. The van der Waals surface area contributed by atoms with Crippen molar-refractivity contribution >= 4 is 21.5 Å². The lowest BCUT2D eigenvalue weighted by atomic mass is 10.1. The van der Waals surface area contributed by atoms with Crippen LogP contribution >= 0.6 is 0 Å². The van der Waals surface area contributed by atoms with Gasteiger partial charge in [-0.05, 0) is 6.07 Å². The highest BCUT2D eigenvalue weighted by atomic mass is 32.2. The number of nitrogens with one attached hydrogen (secondary N) is 1. The number of para-hydroxylation sites is 1. The molecule has 0 radical (unpaired) electrons. The van der Waals surface area contributed by atoms with Crippen molar-refractivity contribution in [3.05, 3.63) is 41.2 Å². The van der Waals surface area contributed by atoms with Gasteiger partial charge in [-0.2, -0.15) is 18.7 Å². The summed E-state index contributed by atoms with van der Waals surface area (Å²) in [5.74, 6) is -6.49. The number of alkyl halides is 2. The molecular weight excluding hydrogens is 393 g/mol. The molecule has 0 bridgehead atoms. The Bertz CT molecular complexity index is 971. The third kappa shape index (κ3) is 4.49. The number of aromatic nitrogens is 3. The molecule has 1 atom stereocenters. The number of Topliss-reactive ketones (excluding diaryl/α,β-unsaturated/α-hetero) is 1. The summed E-state index contributed by atoms with van der Waals surface area (Å²) < 4.78 is 68.2. The topological polar surface area (TPSA) is 131 Å². The van der Waals surface area contributed by atoms with Gasteiger partial charge in [0.15, 0.2) is 11.6 Å². The molecule has 0 spiro atoms. The van der Waals surface area contributed by atoms with Gasteiger partial charge in [-0.25, -0.2) is 17.8 Å². The Kier molecular flexibility index (Phi) is 5.95. The number of benzene rings is 1. The van der Waals surface area contributed by atoms with E-state index in [-0.39, 0.29) is 11.8 Å². The van der Waals surface area contributed by atoms with Gasteiger partial charge in [0.2, 0.25) is 5.82 Å². The van der Waals surface area contributed by atoms with Gasteiger partial charge >= 0.3 is 11.8 Å². The van der Waals surface area contributed by atoms with E-state index in [9.17, 15) is 31.5 Å². The number of methoxy groups -OCH3 is 1. The average Bonchev–Trinajstić information content (AvgIpc) is 2.62. The molecule has 13 heteroatoms. The SMILES string of the molecule is COc1nc(C(C)=O)nc(C(O)c2cccc(F)c2NS(=O)(=O)C(F)F)n1. The minimum absolute atomic E-state index is 0.338. The number of aliphatic hydroxyl groups is 1. The molecule has 0 aliphatic heterocycles. The third-order valence-electron chi connectivity index (χ3n) is 3.19. The monoisotopic (exact) mass is 406 g/mol. The average molecular weight is 406 g/mol. The molecule has 1 heterocycles. The van der Waals surface area contributed by atoms with Crippen LogP contribution in [0.25, 0.3) is 0 Å². The molecule has 0 saturated heterocycles. The fraction of sp³-hybridized carbons (Fsp3) is 0.286. The molecular formula is C14H13F3N4O5S. The summed E-state index contributed by atoms with van der Waals surface area (Å²) in [4.78, 5) is 22.6. The van der Waals surface area contributed by atoms with E-state index in [2.05, 4.69) is 15.0 Å². The Morgan fingerprint density at radius 3 is 2.48 bits per heavy atom. The van der Waals surface area contributed by atoms with E-state index < -0.39 is 50.6 Å². The first-order valence-corrected chi connectivity index (χ1v) is 8.68. The fourth-order valence-corrected chi connectivity index (χ4v) is 2.53. The van der Waals surface area contributed by atoms with E-state index in [0.29, 0.717) is 0 Å². The van der Waals surface area contributed by atoms with Crippen LogP contribution in [0.1, 0.15) is 35.0 Å². The summed E-state index contributed by atoms with van der Waals surface area (Å²) in [6.07, 6.45) is -1.88. The highest BCUT2D eigenvalue weighted by Crippen LogP contribution is 2.31. The van der Waals surface area contributed by atoms with Crippen LogP contribution in [0.4, 0.5) is 18.9 Å². The molecule has 1 aromatic carbocycles. The van der Waals surface area contributed by atoms with Gasteiger partial charge in [-0.1, -0.05) is 12.1 Å². The first-order valence-electron chi connectivity index (χ1n) is 7.14. The van der Waals surface area contributed by atoms with Gasteiger partial charge in [0.1, 0.15) is 11.9 Å². The van der Waals surface area contributed by atoms with Gasteiger partial charge in [0.05, 0.1) is 12.8 Å². The Morgan fingerprint density at radius 2 is 1.93 bits per heavy atom. The molecule has 2 aromatic rings. The number of anilines is 1. The first-order chi connectivity index (χ1) is 12.6. The number of aliphatic hydroxyl groups excluding tert-OH is 1. The molecule has 0 aliphatic rings. The lowest BCUT2D eigenvalue weighted by Gasteiger charge is -2.17.